The van der Waals surface area contributed by atoms with E-state index in [0.29, 0.717) is 5.92 Å². The molecule has 4 nitrogen and oxygen atoms in total. The first-order chi connectivity index (χ1) is 8.15. The third-order valence-electron chi connectivity index (χ3n) is 4.54. The third-order valence-corrected chi connectivity index (χ3v) is 4.54. The number of ether oxygens (including phenoxy) is 1. The van der Waals surface area contributed by atoms with Crippen LogP contribution in [0.15, 0.2) is 0 Å². The maximum Gasteiger partial charge on any atom is 0.252 e. The van der Waals surface area contributed by atoms with Crippen LogP contribution in [0.3, 0.4) is 0 Å². The van der Waals surface area contributed by atoms with Crippen LogP contribution in [0.5, 0.6) is 0 Å². The van der Waals surface area contributed by atoms with Gasteiger partial charge in [-0.15, -0.1) is 0 Å². The summed E-state index contributed by atoms with van der Waals surface area (Å²) in [7, 11) is 3.41. The lowest BCUT2D eigenvalue weighted by Gasteiger charge is -2.29. The van der Waals surface area contributed by atoms with Crippen molar-refractivity contribution in [1.82, 2.24) is 4.90 Å². The fourth-order valence-electron chi connectivity index (χ4n) is 3.59. The topological polar surface area (TPSA) is 55.6 Å². The Hall–Kier alpha value is -0.610. The first kappa shape index (κ1) is 12.8. The zero-order valence-electron chi connectivity index (χ0n) is 10.9. The van der Waals surface area contributed by atoms with E-state index in [4.69, 9.17) is 10.5 Å². The van der Waals surface area contributed by atoms with Gasteiger partial charge in [0, 0.05) is 27.2 Å². The van der Waals surface area contributed by atoms with E-state index < -0.39 is 6.10 Å². The van der Waals surface area contributed by atoms with Gasteiger partial charge in [0.25, 0.3) is 5.91 Å². The molecule has 2 N–H and O–H groups in total. The molecule has 4 atom stereocenters. The number of hydrogen-bond acceptors (Lipinski definition) is 3. The zero-order chi connectivity index (χ0) is 12.4. The van der Waals surface area contributed by atoms with Gasteiger partial charge in [-0.3, -0.25) is 4.79 Å². The van der Waals surface area contributed by atoms with E-state index in [-0.39, 0.29) is 12.5 Å². The number of likely N-dealkylation sites (N-methyl/N-ethyl adjacent to an activating group) is 1. The number of nitrogens with two attached hydrogens (primary N) is 1. The Labute approximate surface area is 103 Å². The van der Waals surface area contributed by atoms with Gasteiger partial charge in [-0.25, -0.2) is 0 Å². The van der Waals surface area contributed by atoms with E-state index >= 15 is 0 Å². The van der Waals surface area contributed by atoms with E-state index in [1.165, 1.54) is 25.7 Å². The lowest BCUT2D eigenvalue weighted by molar-refractivity contribution is -0.140. The van der Waals surface area contributed by atoms with E-state index in [2.05, 4.69) is 0 Å². The summed E-state index contributed by atoms with van der Waals surface area (Å²) in [4.78, 5) is 13.8. The number of nitrogens with zero attached hydrogens (tertiary/aromatic N) is 1. The fraction of sp³-hybridized carbons (Fsp3) is 0.923. The van der Waals surface area contributed by atoms with Gasteiger partial charge in [0.05, 0.1) is 0 Å². The molecule has 2 saturated carbocycles. The van der Waals surface area contributed by atoms with Crippen molar-refractivity contribution in [3.63, 3.8) is 0 Å². The molecule has 4 unspecified atom stereocenters. The van der Waals surface area contributed by atoms with Crippen molar-refractivity contribution in [2.45, 2.75) is 31.8 Å². The molecule has 0 aromatic heterocycles. The summed E-state index contributed by atoms with van der Waals surface area (Å²) in [5, 5.41) is 0. The van der Waals surface area contributed by atoms with Gasteiger partial charge in [-0.2, -0.15) is 0 Å². The summed E-state index contributed by atoms with van der Waals surface area (Å²) >= 11 is 0. The van der Waals surface area contributed by atoms with Gasteiger partial charge in [-0.1, -0.05) is 6.42 Å². The van der Waals surface area contributed by atoms with Gasteiger partial charge >= 0.3 is 0 Å². The van der Waals surface area contributed by atoms with E-state index in [0.717, 1.165) is 18.4 Å². The molecule has 98 valence electrons. The quantitative estimate of drug-likeness (QED) is 0.775. The first-order valence-electron chi connectivity index (χ1n) is 6.63. The third kappa shape index (κ3) is 2.63. The number of amides is 1. The molecule has 4 heteroatoms. The first-order valence-corrected chi connectivity index (χ1v) is 6.63. The average molecular weight is 240 g/mol. The Kier molecular flexibility index (Phi) is 4.05. The molecule has 1 amide bonds. The lowest BCUT2D eigenvalue weighted by atomic mass is 9.88. The molecule has 2 aliphatic carbocycles. The largest absolute Gasteiger partial charge is 0.370 e. The van der Waals surface area contributed by atoms with Crippen LogP contribution < -0.4 is 5.73 Å². The molecule has 17 heavy (non-hydrogen) atoms. The molecule has 0 radical (unpaired) electrons. The Balaban J connectivity index is 1.84. The standard InChI is InChI=1S/C13H24N2O2/c1-15(13(16)12(7-14)17-2)8-11-6-9-3-4-10(11)5-9/h9-12H,3-8,14H2,1-2H3. The van der Waals surface area contributed by atoms with Crippen molar-refractivity contribution in [1.29, 1.82) is 0 Å². The van der Waals surface area contributed by atoms with Crippen LogP contribution in [0.2, 0.25) is 0 Å². The molecule has 0 aliphatic heterocycles. The Bertz CT molecular complexity index is 279. The predicted octanol–water partition coefficient (Wildman–Crippen LogP) is 0.855. The van der Waals surface area contributed by atoms with Crippen molar-refractivity contribution in [2.75, 3.05) is 27.2 Å². The highest BCUT2D eigenvalue weighted by atomic mass is 16.5. The number of rotatable bonds is 5. The SMILES string of the molecule is COC(CN)C(=O)N(C)CC1CC2CCC1C2. The molecule has 0 aromatic carbocycles. The number of carbonyl (C=O) groups is 1. The molecular formula is C13H24N2O2. The smallest absolute Gasteiger partial charge is 0.252 e. The second-order valence-electron chi connectivity index (χ2n) is 5.61. The fourth-order valence-corrected chi connectivity index (χ4v) is 3.59. The Morgan fingerprint density at radius 2 is 2.24 bits per heavy atom. The zero-order valence-corrected chi connectivity index (χ0v) is 10.9. The molecule has 2 rings (SSSR count). The number of fused-ring (bicyclic) bond motifs is 2. The van der Waals surface area contributed by atoms with Gasteiger partial charge in [0.15, 0.2) is 0 Å². The molecule has 0 heterocycles. The Morgan fingerprint density at radius 3 is 2.71 bits per heavy atom. The van der Waals surface area contributed by atoms with Gasteiger partial charge in [0.2, 0.25) is 0 Å². The highest BCUT2D eigenvalue weighted by molar-refractivity contribution is 5.80. The summed E-state index contributed by atoms with van der Waals surface area (Å²) in [6, 6.07) is 0. The normalized spacial score (nSPS) is 32.8. The number of hydrogen-bond donors (Lipinski definition) is 1. The van der Waals surface area contributed by atoms with Gasteiger partial charge in [-0.05, 0) is 37.0 Å². The lowest BCUT2D eigenvalue weighted by Crippen LogP contribution is -2.44. The van der Waals surface area contributed by atoms with Crippen LogP contribution in [-0.2, 0) is 9.53 Å². The van der Waals surface area contributed by atoms with Gasteiger partial charge in [0.1, 0.15) is 6.10 Å². The van der Waals surface area contributed by atoms with Crippen molar-refractivity contribution in [3.05, 3.63) is 0 Å². The molecule has 0 saturated heterocycles. The summed E-state index contributed by atoms with van der Waals surface area (Å²) in [5.41, 5.74) is 5.52. The molecule has 0 aromatic rings. The van der Waals surface area contributed by atoms with Crippen LogP contribution in [-0.4, -0.2) is 44.2 Å². The van der Waals surface area contributed by atoms with Crippen molar-refractivity contribution < 1.29 is 9.53 Å². The summed E-state index contributed by atoms with van der Waals surface area (Å²) in [6.07, 6.45) is 4.99. The summed E-state index contributed by atoms with van der Waals surface area (Å²) in [6.45, 7) is 1.14. The molecular weight excluding hydrogens is 216 g/mol. The van der Waals surface area contributed by atoms with Gasteiger partial charge < -0.3 is 15.4 Å². The van der Waals surface area contributed by atoms with E-state index in [9.17, 15) is 4.79 Å². The monoisotopic (exact) mass is 240 g/mol. The average Bonchev–Trinajstić information content (AvgIpc) is 2.92. The minimum atomic E-state index is -0.474. The molecule has 2 bridgehead atoms. The van der Waals surface area contributed by atoms with Crippen LogP contribution in [0, 0.1) is 17.8 Å². The van der Waals surface area contributed by atoms with Crippen molar-refractivity contribution in [3.8, 4) is 0 Å². The second kappa shape index (κ2) is 5.36. The number of methoxy groups -OCH3 is 1. The minimum Gasteiger partial charge on any atom is -0.370 e. The van der Waals surface area contributed by atoms with E-state index in [1.807, 2.05) is 11.9 Å². The van der Waals surface area contributed by atoms with Crippen LogP contribution in [0.1, 0.15) is 25.7 Å². The Morgan fingerprint density at radius 1 is 1.47 bits per heavy atom. The maximum atomic E-state index is 12.0. The highest BCUT2D eigenvalue weighted by Crippen LogP contribution is 2.48. The van der Waals surface area contributed by atoms with Crippen molar-refractivity contribution in [2.24, 2.45) is 23.5 Å². The molecule has 2 fully saturated rings. The van der Waals surface area contributed by atoms with E-state index in [1.54, 1.807) is 7.11 Å². The predicted molar refractivity (Wildman–Crippen MR) is 66.4 cm³/mol. The maximum absolute atomic E-state index is 12.0. The summed E-state index contributed by atoms with van der Waals surface area (Å²) < 4.78 is 5.09. The van der Waals surface area contributed by atoms with Crippen LogP contribution in [0.25, 0.3) is 0 Å². The second-order valence-corrected chi connectivity index (χ2v) is 5.61. The highest BCUT2D eigenvalue weighted by Gasteiger charge is 2.40. The van der Waals surface area contributed by atoms with Crippen LogP contribution >= 0.6 is 0 Å². The van der Waals surface area contributed by atoms with Crippen LogP contribution in [0.4, 0.5) is 0 Å². The minimum absolute atomic E-state index is 0.0257. The van der Waals surface area contributed by atoms with Crippen molar-refractivity contribution >= 4 is 5.91 Å². The summed E-state index contributed by atoms with van der Waals surface area (Å²) in [5.74, 6) is 2.52. The molecule has 2 aliphatic rings. The number of carbonyl (C=O) groups excluding carboxylic acids is 1. The molecule has 0 spiro atoms.